The van der Waals surface area contributed by atoms with Gasteiger partial charge in [0.1, 0.15) is 5.75 Å². The fourth-order valence-corrected chi connectivity index (χ4v) is 6.08. The summed E-state index contributed by atoms with van der Waals surface area (Å²) in [7, 11) is -0.654. The molecule has 10 heteroatoms. The van der Waals surface area contributed by atoms with Gasteiger partial charge in [0.05, 0.1) is 32.0 Å². The van der Waals surface area contributed by atoms with Crippen molar-refractivity contribution in [2.24, 2.45) is 0 Å². The molecule has 3 heterocycles. The summed E-state index contributed by atoms with van der Waals surface area (Å²) in [6.45, 7) is 1.68. The number of carbonyl (C=O) groups is 1. The second-order valence-electron chi connectivity index (χ2n) is 9.96. The zero-order chi connectivity index (χ0) is 24.8. The summed E-state index contributed by atoms with van der Waals surface area (Å²) >= 11 is 0. The van der Waals surface area contributed by atoms with Gasteiger partial charge in [-0.1, -0.05) is 12.1 Å². The van der Waals surface area contributed by atoms with Gasteiger partial charge in [0.2, 0.25) is 0 Å². The van der Waals surface area contributed by atoms with Crippen LogP contribution in [0, 0.1) is 0 Å². The lowest BCUT2D eigenvalue weighted by molar-refractivity contribution is -0.0269. The molecule has 196 valence electrons. The van der Waals surface area contributed by atoms with Gasteiger partial charge in [0.25, 0.3) is 10.2 Å². The van der Waals surface area contributed by atoms with E-state index in [2.05, 4.69) is 22.9 Å². The molecule has 0 aromatic heterocycles. The molecule has 1 saturated heterocycles. The van der Waals surface area contributed by atoms with Gasteiger partial charge in [-0.25, -0.2) is 4.79 Å². The summed E-state index contributed by atoms with van der Waals surface area (Å²) in [5.74, 6) is 1.37. The van der Waals surface area contributed by atoms with Crippen molar-refractivity contribution in [1.82, 2.24) is 13.9 Å². The third-order valence-corrected chi connectivity index (χ3v) is 8.90. The van der Waals surface area contributed by atoms with Crippen molar-refractivity contribution < 1.29 is 27.4 Å². The first-order valence-electron chi connectivity index (χ1n) is 12.8. The Morgan fingerprint density at radius 1 is 1.00 bits per heavy atom. The van der Waals surface area contributed by atoms with Crippen molar-refractivity contribution in [1.29, 1.82) is 0 Å². The number of nitrogens with one attached hydrogen (secondary N) is 1. The number of piperidine rings is 1. The molecule has 4 bridgehead atoms. The molecule has 1 aliphatic carbocycles. The smallest absolute Gasteiger partial charge is 0.410 e. The normalized spacial score (nSPS) is 29.0. The molecule has 1 saturated carbocycles. The molecule has 2 fully saturated rings. The molecule has 9 nitrogen and oxygen atoms in total. The van der Waals surface area contributed by atoms with Crippen molar-refractivity contribution in [3.63, 3.8) is 0 Å². The van der Waals surface area contributed by atoms with E-state index in [0.717, 1.165) is 42.2 Å². The molecule has 1 N–H and O–H groups in total. The molecule has 3 aliphatic heterocycles. The maximum absolute atomic E-state index is 13.0. The first-order valence-corrected chi connectivity index (χ1v) is 14.2. The Morgan fingerprint density at radius 2 is 1.74 bits per heavy atom. The van der Waals surface area contributed by atoms with E-state index in [0.29, 0.717) is 44.9 Å². The van der Waals surface area contributed by atoms with Gasteiger partial charge in [0.15, 0.2) is 0 Å². The van der Waals surface area contributed by atoms with Gasteiger partial charge in [0, 0.05) is 26.7 Å². The number of hydrogen-bond donors (Lipinski definition) is 1. The molecule has 0 radical (unpaired) electrons. The minimum absolute atomic E-state index is 0.0930. The van der Waals surface area contributed by atoms with Crippen molar-refractivity contribution in [2.45, 2.75) is 75.5 Å². The molecule has 1 aromatic rings. The number of ether oxygens (including phenoxy) is 3. The predicted molar refractivity (Wildman–Crippen MR) is 133 cm³/mol. The zero-order valence-electron chi connectivity index (χ0n) is 20.9. The lowest BCUT2D eigenvalue weighted by Crippen LogP contribution is -2.60. The molecular weight excluding hydrogens is 470 g/mol. The van der Waals surface area contributed by atoms with Crippen LogP contribution in [0.15, 0.2) is 24.3 Å². The van der Waals surface area contributed by atoms with E-state index in [1.165, 1.54) is 19.7 Å². The van der Waals surface area contributed by atoms with Crippen LogP contribution in [0.2, 0.25) is 0 Å². The summed E-state index contributed by atoms with van der Waals surface area (Å²) < 4.78 is 46.9. The third kappa shape index (κ3) is 6.87. The van der Waals surface area contributed by atoms with E-state index in [1.54, 1.807) is 4.90 Å². The number of amides is 1. The molecule has 0 spiro atoms. The topological polar surface area (TPSA) is 97.4 Å². The number of benzene rings is 1. The van der Waals surface area contributed by atoms with E-state index >= 15 is 0 Å². The number of rotatable bonds is 3. The zero-order valence-corrected chi connectivity index (χ0v) is 21.7. The second kappa shape index (κ2) is 11.9. The number of fused-ring (bicyclic) bond motifs is 9. The van der Waals surface area contributed by atoms with Crippen LogP contribution in [0.4, 0.5) is 4.79 Å². The Hall–Kier alpha value is -1.88. The van der Waals surface area contributed by atoms with Crippen LogP contribution in [0.5, 0.6) is 5.75 Å². The molecule has 4 aliphatic rings. The Balaban J connectivity index is 1.50. The molecule has 1 aromatic carbocycles. The Morgan fingerprint density at radius 3 is 2.49 bits per heavy atom. The van der Waals surface area contributed by atoms with Gasteiger partial charge in [-0.15, -0.1) is 0 Å². The summed E-state index contributed by atoms with van der Waals surface area (Å²) in [6.07, 6.45) is 6.42. The average Bonchev–Trinajstić information content (AvgIpc) is 2.85. The minimum atomic E-state index is -3.64. The quantitative estimate of drug-likeness (QED) is 0.672. The fourth-order valence-electron chi connectivity index (χ4n) is 5.22. The highest BCUT2D eigenvalue weighted by Gasteiger charge is 2.38. The van der Waals surface area contributed by atoms with Crippen LogP contribution < -0.4 is 9.46 Å². The first-order chi connectivity index (χ1) is 16.8. The number of hydrogen-bond acceptors (Lipinski definition) is 6. The van der Waals surface area contributed by atoms with Gasteiger partial charge in [-0.2, -0.15) is 17.4 Å². The van der Waals surface area contributed by atoms with Crippen LogP contribution >= 0.6 is 0 Å². The van der Waals surface area contributed by atoms with Crippen LogP contribution in [0.25, 0.3) is 0 Å². The predicted octanol–water partition coefficient (Wildman–Crippen LogP) is 3.27. The van der Waals surface area contributed by atoms with Crippen LogP contribution in [-0.4, -0.2) is 82.4 Å². The monoisotopic (exact) mass is 509 g/mol. The average molecular weight is 510 g/mol. The van der Waals surface area contributed by atoms with Crippen LogP contribution in [-0.2, 0) is 19.7 Å². The van der Waals surface area contributed by atoms with E-state index < -0.39 is 28.4 Å². The van der Waals surface area contributed by atoms with E-state index in [-0.39, 0.29) is 12.7 Å². The molecule has 1 unspecified atom stereocenters. The highest BCUT2D eigenvalue weighted by molar-refractivity contribution is 7.87. The summed E-state index contributed by atoms with van der Waals surface area (Å²) in [5, 5.41) is 0. The van der Waals surface area contributed by atoms with Crippen LogP contribution in [0.3, 0.4) is 0 Å². The lowest BCUT2D eigenvalue weighted by atomic mass is 9.82. The second-order valence-corrected chi connectivity index (χ2v) is 11.9. The van der Waals surface area contributed by atoms with Crippen molar-refractivity contribution >= 4 is 16.3 Å². The van der Waals surface area contributed by atoms with Crippen molar-refractivity contribution in [3.05, 3.63) is 29.8 Å². The van der Waals surface area contributed by atoms with Gasteiger partial charge >= 0.3 is 6.09 Å². The van der Waals surface area contributed by atoms with Gasteiger partial charge in [-0.05, 0) is 75.0 Å². The molecule has 5 rings (SSSR count). The molecule has 35 heavy (non-hydrogen) atoms. The van der Waals surface area contributed by atoms with E-state index in [4.69, 9.17) is 14.2 Å². The number of carbonyl (C=O) groups excluding carboxylic acids is 1. The SMILES string of the molecule is CN(C)S(=O)(=O)NC1CCCN2C(=O)OCCCCOc3cccc(c3)C3CCC(CC3)OC[C@@H]12. The van der Waals surface area contributed by atoms with E-state index in [1.807, 2.05) is 6.07 Å². The van der Waals surface area contributed by atoms with Gasteiger partial charge in [-0.3, -0.25) is 0 Å². The van der Waals surface area contributed by atoms with Crippen molar-refractivity contribution in [3.8, 4) is 5.75 Å². The fraction of sp³-hybridized carbons (Fsp3) is 0.720. The first kappa shape index (κ1) is 26.2. The summed E-state index contributed by atoms with van der Waals surface area (Å²) in [6, 6.07) is 7.53. The maximum atomic E-state index is 13.0. The van der Waals surface area contributed by atoms with Gasteiger partial charge < -0.3 is 19.1 Å². The summed E-state index contributed by atoms with van der Waals surface area (Å²) in [5.41, 5.74) is 1.31. The van der Waals surface area contributed by atoms with Crippen molar-refractivity contribution in [2.75, 3.05) is 40.5 Å². The largest absolute Gasteiger partial charge is 0.494 e. The standard InChI is InChI=1S/C25H39N3O6S/c1-27(2)35(30,31)26-23-9-6-14-28-24(23)18-34-21-12-10-19(11-13-21)20-7-5-8-22(17-20)32-15-3-4-16-33-25(28)29/h5,7-8,17,19,21,23-24,26H,3-4,6,9-16,18H2,1-2H3/t19?,21?,23?,24-/m0/s1. The molecule has 2 atom stereocenters. The molecular formula is C25H39N3O6S. The highest BCUT2D eigenvalue weighted by Crippen LogP contribution is 2.35. The third-order valence-electron chi connectivity index (χ3n) is 7.33. The van der Waals surface area contributed by atoms with E-state index in [9.17, 15) is 13.2 Å². The minimum Gasteiger partial charge on any atom is -0.494 e. The molecule has 1 amide bonds. The highest BCUT2D eigenvalue weighted by atomic mass is 32.2. The maximum Gasteiger partial charge on any atom is 0.410 e. The summed E-state index contributed by atoms with van der Waals surface area (Å²) in [4.78, 5) is 14.6. The Labute approximate surface area is 209 Å². The Kier molecular flexibility index (Phi) is 8.91. The lowest BCUT2D eigenvalue weighted by Gasteiger charge is -2.41. The Bertz CT molecular complexity index is 948. The van der Waals surface area contributed by atoms with Crippen LogP contribution in [0.1, 0.15) is 62.8 Å². The number of nitrogens with zero attached hydrogens (tertiary/aromatic N) is 2.